The molecule has 0 radical (unpaired) electrons. The average molecular weight is 290 g/mol. The fraction of sp³-hybridized carbons (Fsp3) is 0.667. The molecule has 1 atom stereocenters. The Morgan fingerprint density at radius 2 is 2.13 bits per heavy atom. The molecule has 0 aliphatic rings. The van der Waals surface area contributed by atoms with Gasteiger partial charge in [0.25, 0.3) is 0 Å². The van der Waals surface area contributed by atoms with Crippen LogP contribution in [0.2, 0.25) is 0 Å². The van der Waals surface area contributed by atoms with Gasteiger partial charge in [0.15, 0.2) is 0 Å². The maximum atomic E-state index is 3.59. The van der Waals surface area contributed by atoms with Crippen LogP contribution in [0.25, 0.3) is 0 Å². The van der Waals surface area contributed by atoms with Crippen molar-refractivity contribution < 1.29 is 0 Å². The lowest BCUT2D eigenvalue weighted by Gasteiger charge is -2.18. The Kier molecular flexibility index (Phi) is 5.30. The zero-order chi connectivity index (χ0) is 11.4. The summed E-state index contributed by atoms with van der Waals surface area (Å²) >= 11 is 5.45. The van der Waals surface area contributed by atoms with Crippen molar-refractivity contribution in [2.45, 2.75) is 40.2 Å². The molecule has 1 N–H and O–H groups in total. The minimum Gasteiger partial charge on any atom is -0.310 e. The summed E-state index contributed by atoms with van der Waals surface area (Å²) in [5.74, 6) is 0.732. The van der Waals surface area contributed by atoms with Gasteiger partial charge in [0, 0.05) is 10.9 Å². The summed E-state index contributed by atoms with van der Waals surface area (Å²) in [6, 6.07) is 2.81. The van der Waals surface area contributed by atoms with Crippen LogP contribution < -0.4 is 5.32 Å². The first-order chi connectivity index (χ1) is 7.04. The molecule has 1 heterocycles. The van der Waals surface area contributed by atoms with Crippen LogP contribution in [0.1, 0.15) is 43.7 Å². The van der Waals surface area contributed by atoms with E-state index in [1.165, 1.54) is 20.6 Å². The van der Waals surface area contributed by atoms with E-state index in [9.17, 15) is 0 Å². The molecular formula is C12H20BrNS. The quantitative estimate of drug-likeness (QED) is 0.841. The highest BCUT2D eigenvalue weighted by Gasteiger charge is 2.15. The second kappa shape index (κ2) is 6.02. The summed E-state index contributed by atoms with van der Waals surface area (Å²) in [5, 5.41) is 3.56. The zero-order valence-electron chi connectivity index (χ0n) is 9.93. The van der Waals surface area contributed by atoms with Crippen LogP contribution in [0.15, 0.2) is 9.85 Å². The molecule has 1 aromatic rings. The normalized spacial score (nSPS) is 13.5. The van der Waals surface area contributed by atoms with E-state index in [1.54, 1.807) is 0 Å². The van der Waals surface area contributed by atoms with E-state index in [4.69, 9.17) is 0 Å². The van der Waals surface area contributed by atoms with Gasteiger partial charge in [-0.2, -0.15) is 0 Å². The van der Waals surface area contributed by atoms with E-state index in [0.29, 0.717) is 6.04 Å². The third-order valence-corrected chi connectivity index (χ3v) is 4.63. The number of hydrogen-bond donors (Lipinski definition) is 1. The lowest BCUT2D eigenvalue weighted by atomic mass is 10.0. The number of nitrogens with one attached hydrogen (secondary N) is 1. The summed E-state index contributed by atoms with van der Waals surface area (Å²) in [6.45, 7) is 9.91. The molecule has 1 rings (SSSR count). The Balaban J connectivity index is 2.78. The van der Waals surface area contributed by atoms with Gasteiger partial charge in [-0.15, -0.1) is 11.3 Å². The van der Waals surface area contributed by atoms with Gasteiger partial charge in [0.05, 0.1) is 3.79 Å². The van der Waals surface area contributed by atoms with Gasteiger partial charge in [-0.3, -0.25) is 0 Å². The second-order valence-electron chi connectivity index (χ2n) is 4.35. The van der Waals surface area contributed by atoms with Crippen LogP contribution >= 0.6 is 27.3 Å². The summed E-state index contributed by atoms with van der Waals surface area (Å²) in [7, 11) is 0. The molecular weight excluding hydrogens is 270 g/mol. The van der Waals surface area contributed by atoms with Gasteiger partial charge < -0.3 is 5.32 Å². The van der Waals surface area contributed by atoms with Crippen molar-refractivity contribution in [3.8, 4) is 0 Å². The number of aryl methyl sites for hydroxylation is 1. The topological polar surface area (TPSA) is 12.0 Å². The Labute approximate surface area is 105 Å². The highest BCUT2D eigenvalue weighted by molar-refractivity contribution is 9.11. The van der Waals surface area contributed by atoms with Crippen LogP contribution in [-0.2, 0) is 0 Å². The van der Waals surface area contributed by atoms with Crippen molar-refractivity contribution in [2.24, 2.45) is 5.92 Å². The summed E-state index contributed by atoms with van der Waals surface area (Å²) in [6.07, 6.45) is 1.21. The molecule has 1 nitrogen and oxygen atoms in total. The molecule has 15 heavy (non-hydrogen) atoms. The average Bonchev–Trinajstić information content (AvgIpc) is 2.46. The van der Waals surface area contributed by atoms with Gasteiger partial charge in [-0.25, -0.2) is 0 Å². The monoisotopic (exact) mass is 289 g/mol. The largest absolute Gasteiger partial charge is 0.310 e. The van der Waals surface area contributed by atoms with Crippen LogP contribution in [-0.4, -0.2) is 6.54 Å². The molecule has 0 spiro atoms. The van der Waals surface area contributed by atoms with Gasteiger partial charge in [-0.1, -0.05) is 20.8 Å². The van der Waals surface area contributed by atoms with E-state index in [-0.39, 0.29) is 0 Å². The van der Waals surface area contributed by atoms with Crippen molar-refractivity contribution in [3.63, 3.8) is 0 Å². The first-order valence-corrected chi connectivity index (χ1v) is 7.14. The Bertz CT molecular complexity index is 287. The SMILES string of the molecule is CCNC(CC(C)C)c1cc(C)c(Br)s1. The summed E-state index contributed by atoms with van der Waals surface area (Å²) in [5.41, 5.74) is 1.35. The second-order valence-corrected chi connectivity index (χ2v) is 6.75. The molecule has 0 aromatic carbocycles. The Morgan fingerprint density at radius 3 is 2.53 bits per heavy atom. The third kappa shape index (κ3) is 3.89. The number of hydrogen-bond acceptors (Lipinski definition) is 2. The minimum atomic E-state index is 0.519. The minimum absolute atomic E-state index is 0.519. The van der Waals surface area contributed by atoms with Crippen molar-refractivity contribution >= 4 is 27.3 Å². The van der Waals surface area contributed by atoms with Crippen molar-refractivity contribution in [2.75, 3.05) is 6.54 Å². The van der Waals surface area contributed by atoms with Crippen molar-refractivity contribution in [1.29, 1.82) is 0 Å². The summed E-state index contributed by atoms with van der Waals surface area (Å²) in [4.78, 5) is 1.45. The number of halogens is 1. The lowest BCUT2D eigenvalue weighted by Crippen LogP contribution is -2.21. The number of thiophene rings is 1. The third-order valence-electron chi connectivity index (χ3n) is 2.38. The first kappa shape index (κ1) is 13.2. The molecule has 0 aliphatic heterocycles. The predicted molar refractivity (Wildman–Crippen MR) is 72.6 cm³/mol. The molecule has 0 aliphatic carbocycles. The van der Waals surface area contributed by atoms with E-state index in [1.807, 2.05) is 11.3 Å². The Hall–Kier alpha value is 0.140. The maximum Gasteiger partial charge on any atom is 0.0731 e. The lowest BCUT2D eigenvalue weighted by molar-refractivity contribution is 0.443. The van der Waals surface area contributed by atoms with Gasteiger partial charge in [0.2, 0.25) is 0 Å². The number of rotatable bonds is 5. The molecule has 0 saturated heterocycles. The van der Waals surface area contributed by atoms with Gasteiger partial charge in [-0.05, 0) is 53.4 Å². The standard InChI is InChI=1S/C12H20BrNS/c1-5-14-10(6-8(2)3)11-7-9(4)12(13)15-11/h7-8,10,14H,5-6H2,1-4H3. The molecule has 1 unspecified atom stereocenters. The molecule has 0 saturated carbocycles. The Morgan fingerprint density at radius 1 is 1.47 bits per heavy atom. The zero-order valence-corrected chi connectivity index (χ0v) is 12.3. The summed E-state index contributed by atoms with van der Waals surface area (Å²) < 4.78 is 1.27. The van der Waals surface area contributed by atoms with Crippen LogP contribution in [0.5, 0.6) is 0 Å². The van der Waals surface area contributed by atoms with Crippen molar-refractivity contribution in [3.05, 3.63) is 20.3 Å². The van der Waals surface area contributed by atoms with Crippen molar-refractivity contribution in [1.82, 2.24) is 5.32 Å². The van der Waals surface area contributed by atoms with E-state index in [0.717, 1.165) is 12.5 Å². The van der Waals surface area contributed by atoms with Crippen LogP contribution in [0.3, 0.4) is 0 Å². The van der Waals surface area contributed by atoms with Crippen LogP contribution in [0.4, 0.5) is 0 Å². The fourth-order valence-electron chi connectivity index (χ4n) is 1.67. The molecule has 86 valence electrons. The smallest absolute Gasteiger partial charge is 0.0731 e. The van der Waals surface area contributed by atoms with E-state index < -0.39 is 0 Å². The highest BCUT2D eigenvalue weighted by Crippen LogP contribution is 2.33. The van der Waals surface area contributed by atoms with E-state index >= 15 is 0 Å². The maximum absolute atomic E-state index is 3.59. The van der Waals surface area contributed by atoms with Gasteiger partial charge in [0.1, 0.15) is 0 Å². The van der Waals surface area contributed by atoms with E-state index in [2.05, 4.69) is 55.0 Å². The first-order valence-electron chi connectivity index (χ1n) is 5.53. The highest BCUT2D eigenvalue weighted by atomic mass is 79.9. The predicted octanol–water partition coefficient (Wildman–Crippen LogP) is 4.52. The molecule has 1 aromatic heterocycles. The molecule has 3 heteroatoms. The fourth-order valence-corrected chi connectivity index (χ4v) is 3.33. The molecule has 0 amide bonds. The van der Waals surface area contributed by atoms with Gasteiger partial charge >= 0.3 is 0 Å². The molecule has 0 fully saturated rings. The van der Waals surface area contributed by atoms with Crippen LogP contribution in [0, 0.1) is 12.8 Å². The molecule has 0 bridgehead atoms.